The summed E-state index contributed by atoms with van der Waals surface area (Å²) >= 11 is 0. The van der Waals surface area contributed by atoms with Gasteiger partial charge in [0, 0.05) is 13.2 Å². The molecule has 1 aromatic rings. The standard InChI is InChI=1S/C14H22FNO/c1-4-9-16-14(11(2)17-3)10-12-7-5-6-8-13(12)15/h5-8,11,14,16H,4,9-10H2,1-3H3. The summed E-state index contributed by atoms with van der Waals surface area (Å²) in [6, 6.07) is 7.07. The normalized spacial score (nSPS) is 14.6. The van der Waals surface area contributed by atoms with Crippen molar-refractivity contribution in [3.63, 3.8) is 0 Å². The van der Waals surface area contributed by atoms with E-state index in [1.54, 1.807) is 13.2 Å². The van der Waals surface area contributed by atoms with Gasteiger partial charge in [0.05, 0.1) is 6.10 Å². The second-order valence-electron chi connectivity index (χ2n) is 4.30. The van der Waals surface area contributed by atoms with E-state index in [0.717, 1.165) is 18.5 Å². The molecule has 2 nitrogen and oxygen atoms in total. The lowest BCUT2D eigenvalue weighted by molar-refractivity contribution is 0.0828. The Kier molecular flexibility index (Phi) is 6.16. The first kappa shape index (κ1) is 14.1. The fourth-order valence-electron chi connectivity index (χ4n) is 1.80. The molecular formula is C14H22FNO. The number of ether oxygens (including phenoxy) is 1. The highest BCUT2D eigenvalue weighted by Gasteiger charge is 2.17. The summed E-state index contributed by atoms with van der Waals surface area (Å²) in [5.41, 5.74) is 0.741. The molecule has 96 valence electrons. The van der Waals surface area contributed by atoms with Crippen LogP contribution in [-0.4, -0.2) is 25.8 Å². The smallest absolute Gasteiger partial charge is 0.126 e. The van der Waals surface area contributed by atoms with Crippen LogP contribution >= 0.6 is 0 Å². The van der Waals surface area contributed by atoms with Crippen LogP contribution in [-0.2, 0) is 11.2 Å². The number of rotatable bonds is 7. The van der Waals surface area contributed by atoms with Gasteiger partial charge in [-0.3, -0.25) is 0 Å². The summed E-state index contributed by atoms with van der Waals surface area (Å²) in [4.78, 5) is 0. The molecule has 0 aliphatic carbocycles. The lowest BCUT2D eigenvalue weighted by Crippen LogP contribution is -2.41. The monoisotopic (exact) mass is 239 g/mol. The van der Waals surface area contributed by atoms with Gasteiger partial charge in [0.2, 0.25) is 0 Å². The summed E-state index contributed by atoms with van der Waals surface area (Å²) in [5.74, 6) is -0.140. The summed E-state index contributed by atoms with van der Waals surface area (Å²) in [5, 5.41) is 3.40. The largest absolute Gasteiger partial charge is 0.380 e. The maximum atomic E-state index is 13.6. The van der Waals surface area contributed by atoms with Crippen molar-refractivity contribution in [2.45, 2.75) is 38.8 Å². The number of hydrogen-bond acceptors (Lipinski definition) is 2. The average molecular weight is 239 g/mol. The van der Waals surface area contributed by atoms with E-state index in [2.05, 4.69) is 12.2 Å². The van der Waals surface area contributed by atoms with E-state index in [-0.39, 0.29) is 18.0 Å². The van der Waals surface area contributed by atoms with Crippen LogP contribution in [0.15, 0.2) is 24.3 Å². The van der Waals surface area contributed by atoms with Gasteiger partial charge in [0.15, 0.2) is 0 Å². The third-order valence-electron chi connectivity index (χ3n) is 2.99. The first-order valence-electron chi connectivity index (χ1n) is 6.18. The molecule has 1 N–H and O–H groups in total. The topological polar surface area (TPSA) is 21.3 Å². The molecule has 0 saturated heterocycles. The van der Waals surface area contributed by atoms with Gasteiger partial charge in [0.1, 0.15) is 5.82 Å². The third kappa shape index (κ3) is 4.44. The summed E-state index contributed by atoms with van der Waals surface area (Å²) in [7, 11) is 1.69. The Balaban J connectivity index is 2.68. The fourth-order valence-corrected chi connectivity index (χ4v) is 1.80. The maximum Gasteiger partial charge on any atom is 0.126 e. The van der Waals surface area contributed by atoms with Crippen LogP contribution < -0.4 is 5.32 Å². The van der Waals surface area contributed by atoms with Crippen LogP contribution in [0.25, 0.3) is 0 Å². The molecule has 0 aliphatic rings. The van der Waals surface area contributed by atoms with E-state index in [1.165, 1.54) is 6.07 Å². The molecule has 0 saturated carbocycles. The van der Waals surface area contributed by atoms with E-state index < -0.39 is 0 Å². The summed E-state index contributed by atoms with van der Waals surface area (Å²) in [6.07, 6.45) is 1.78. The number of methoxy groups -OCH3 is 1. The van der Waals surface area contributed by atoms with Crippen molar-refractivity contribution < 1.29 is 9.13 Å². The molecule has 1 aromatic carbocycles. The Morgan fingerprint density at radius 1 is 1.35 bits per heavy atom. The molecule has 0 spiro atoms. The van der Waals surface area contributed by atoms with Gasteiger partial charge in [-0.15, -0.1) is 0 Å². The first-order valence-corrected chi connectivity index (χ1v) is 6.18. The van der Waals surface area contributed by atoms with Crippen molar-refractivity contribution in [1.82, 2.24) is 5.32 Å². The summed E-state index contributed by atoms with van der Waals surface area (Å²) < 4.78 is 18.9. The minimum atomic E-state index is -0.140. The molecule has 17 heavy (non-hydrogen) atoms. The first-order chi connectivity index (χ1) is 8.19. The van der Waals surface area contributed by atoms with E-state index in [1.807, 2.05) is 19.1 Å². The van der Waals surface area contributed by atoms with Crippen molar-refractivity contribution in [3.05, 3.63) is 35.6 Å². The van der Waals surface area contributed by atoms with Crippen LogP contribution in [0.2, 0.25) is 0 Å². The van der Waals surface area contributed by atoms with Crippen LogP contribution in [0, 0.1) is 5.82 Å². The zero-order valence-electron chi connectivity index (χ0n) is 10.9. The molecule has 2 unspecified atom stereocenters. The Hall–Kier alpha value is -0.930. The highest BCUT2D eigenvalue weighted by atomic mass is 19.1. The fraction of sp³-hybridized carbons (Fsp3) is 0.571. The van der Waals surface area contributed by atoms with Crippen LogP contribution in [0.1, 0.15) is 25.8 Å². The zero-order valence-corrected chi connectivity index (χ0v) is 10.9. The number of halogens is 1. The SMILES string of the molecule is CCCNC(Cc1ccccc1F)C(C)OC. The molecule has 0 fully saturated rings. The average Bonchev–Trinajstić information content (AvgIpc) is 2.35. The molecule has 0 radical (unpaired) electrons. The van der Waals surface area contributed by atoms with Gasteiger partial charge < -0.3 is 10.1 Å². The zero-order chi connectivity index (χ0) is 12.7. The van der Waals surface area contributed by atoms with E-state index >= 15 is 0 Å². The van der Waals surface area contributed by atoms with Crippen LogP contribution in [0.4, 0.5) is 4.39 Å². The highest BCUT2D eigenvalue weighted by molar-refractivity contribution is 5.18. The Bertz CT molecular complexity index is 330. The second kappa shape index (κ2) is 7.41. The molecular weight excluding hydrogens is 217 g/mol. The number of hydrogen-bond donors (Lipinski definition) is 1. The predicted octanol–water partition coefficient (Wildman–Crippen LogP) is 2.77. The van der Waals surface area contributed by atoms with E-state index in [0.29, 0.717) is 6.42 Å². The predicted molar refractivity (Wildman–Crippen MR) is 68.7 cm³/mol. The molecule has 2 atom stereocenters. The molecule has 0 bridgehead atoms. The van der Waals surface area contributed by atoms with Crippen molar-refractivity contribution in [1.29, 1.82) is 0 Å². The Morgan fingerprint density at radius 3 is 2.65 bits per heavy atom. The van der Waals surface area contributed by atoms with Crippen molar-refractivity contribution in [2.24, 2.45) is 0 Å². The molecule has 3 heteroatoms. The maximum absolute atomic E-state index is 13.6. The summed E-state index contributed by atoms with van der Waals surface area (Å²) in [6.45, 7) is 5.05. The molecule has 1 rings (SSSR count). The van der Waals surface area contributed by atoms with Crippen molar-refractivity contribution >= 4 is 0 Å². The van der Waals surface area contributed by atoms with Gasteiger partial charge in [-0.2, -0.15) is 0 Å². The lowest BCUT2D eigenvalue weighted by atomic mass is 10.0. The third-order valence-corrected chi connectivity index (χ3v) is 2.99. The second-order valence-corrected chi connectivity index (χ2v) is 4.30. The van der Waals surface area contributed by atoms with Gasteiger partial charge in [-0.05, 0) is 37.9 Å². The van der Waals surface area contributed by atoms with Gasteiger partial charge in [-0.1, -0.05) is 25.1 Å². The minimum absolute atomic E-state index is 0.0705. The Labute approximate surface area is 103 Å². The van der Waals surface area contributed by atoms with E-state index in [4.69, 9.17) is 4.74 Å². The molecule has 0 aliphatic heterocycles. The molecule has 0 heterocycles. The van der Waals surface area contributed by atoms with Crippen LogP contribution in [0.3, 0.4) is 0 Å². The molecule has 0 aromatic heterocycles. The quantitative estimate of drug-likeness (QED) is 0.790. The minimum Gasteiger partial charge on any atom is -0.380 e. The van der Waals surface area contributed by atoms with Crippen molar-refractivity contribution in [2.75, 3.05) is 13.7 Å². The lowest BCUT2D eigenvalue weighted by Gasteiger charge is -2.24. The number of benzene rings is 1. The van der Waals surface area contributed by atoms with Crippen LogP contribution in [0.5, 0.6) is 0 Å². The molecule has 0 amide bonds. The highest BCUT2D eigenvalue weighted by Crippen LogP contribution is 2.12. The van der Waals surface area contributed by atoms with Gasteiger partial charge >= 0.3 is 0 Å². The van der Waals surface area contributed by atoms with E-state index in [9.17, 15) is 4.39 Å². The van der Waals surface area contributed by atoms with Gasteiger partial charge in [-0.25, -0.2) is 4.39 Å². The van der Waals surface area contributed by atoms with Crippen molar-refractivity contribution in [3.8, 4) is 0 Å². The Morgan fingerprint density at radius 2 is 2.06 bits per heavy atom. The van der Waals surface area contributed by atoms with Gasteiger partial charge in [0.25, 0.3) is 0 Å². The number of nitrogens with one attached hydrogen (secondary N) is 1.